The quantitative estimate of drug-likeness (QED) is 0.719. The number of benzene rings is 1. The van der Waals surface area contributed by atoms with Crippen LogP contribution in [0.25, 0.3) is 0 Å². The summed E-state index contributed by atoms with van der Waals surface area (Å²) in [5, 5.41) is 0. The van der Waals surface area contributed by atoms with E-state index in [1.165, 1.54) is 0 Å². The predicted molar refractivity (Wildman–Crippen MR) is 65.2 cm³/mol. The van der Waals surface area contributed by atoms with Crippen molar-refractivity contribution in [2.75, 3.05) is 6.61 Å². The van der Waals surface area contributed by atoms with Crippen molar-refractivity contribution in [2.24, 2.45) is 11.3 Å². The van der Waals surface area contributed by atoms with Gasteiger partial charge in [-0.05, 0) is 29.9 Å². The van der Waals surface area contributed by atoms with E-state index in [1.54, 1.807) is 0 Å². The molecular weight excluding hydrogens is 184 g/mol. The monoisotopic (exact) mass is 206 g/mol. The molecule has 0 heterocycles. The van der Waals surface area contributed by atoms with E-state index in [4.69, 9.17) is 4.74 Å². The van der Waals surface area contributed by atoms with Gasteiger partial charge in [0.1, 0.15) is 5.75 Å². The van der Waals surface area contributed by atoms with E-state index in [0.717, 1.165) is 18.8 Å². The molecule has 15 heavy (non-hydrogen) atoms. The van der Waals surface area contributed by atoms with Crippen molar-refractivity contribution in [1.82, 2.24) is 0 Å². The van der Waals surface area contributed by atoms with Crippen molar-refractivity contribution >= 4 is 0 Å². The molecule has 0 aliphatic heterocycles. The number of hydrogen-bond acceptors (Lipinski definition) is 1. The Morgan fingerprint density at radius 2 is 1.73 bits per heavy atom. The van der Waals surface area contributed by atoms with E-state index in [1.807, 2.05) is 30.3 Å². The second-order valence-corrected chi connectivity index (χ2v) is 5.22. The lowest BCUT2D eigenvalue weighted by Gasteiger charge is -2.27. The summed E-state index contributed by atoms with van der Waals surface area (Å²) in [6, 6.07) is 10.0. The lowest BCUT2D eigenvalue weighted by atomic mass is 9.80. The molecule has 1 nitrogen and oxygen atoms in total. The third-order valence-electron chi connectivity index (χ3n) is 3.04. The first-order valence-electron chi connectivity index (χ1n) is 5.68. The third kappa shape index (κ3) is 4.37. The van der Waals surface area contributed by atoms with Gasteiger partial charge in [-0.1, -0.05) is 45.9 Å². The summed E-state index contributed by atoms with van der Waals surface area (Å²) >= 11 is 0. The maximum absolute atomic E-state index is 5.67. The molecule has 0 aromatic heterocycles. The summed E-state index contributed by atoms with van der Waals surface area (Å²) in [5.74, 6) is 1.65. The fourth-order valence-corrected chi connectivity index (χ4v) is 1.30. The Morgan fingerprint density at radius 3 is 2.27 bits per heavy atom. The lowest BCUT2D eigenvalue weighted by molar-refractivity contribution is 0.199. The average molecular weight is 206 g/mol. The number of hydrogen-bond donors (Lipinski definition) is 0. The molecule has 0 spiro atoms. The SMILES string of the molecule is CC(CCOc1ccccc1)C(C)(C)C. The molecule has 1 atom stereocenters. The minimum Gasteiger partial charge on any atom is -0.494 e. The molecule has 1 aromatic carbocycles. The van der Waals surface area contributed by atoms with Gasteiger partial charge in [0, 0.05) is 0 Å². The zero-order chi connectivity index (χ0) is 11.3. The van der Waals surface area contributed by atoms with Crippen LogP contribution in [0, 0.1) is 11.3 Å². The van der Waals surface area contributed by atoms with Crippen LogP contribution >= 0.6 is 0 Å². The van der Waals surface area contributed by atoms with Crippen LogP contribution in [-0.4, -0.2) is 6.61 Å². The fourth-order valence-electron chi connectivity index (χ4n) is 1.30. The van der Waals surface area contributed by atoms with Crippen molar-refractivity contribution in [3.05, 3.63) is 30.3 Å². The summed E-state index contributed by atoms with van der Waals surface area (Å²) < 4.78 is 5.67. The molecule has 1 rings (SSSR count). The first-order chi connectivity index (χ1) is 7.00. The van der Waals surface area contributed by atoms with Crippen LogP contribution in [0.3, 0.4) is 0 Å². The standard InChI is InChI=1S/C14H22O/c1-12(14(2,3)4)10-11-15-13-8-6-5-7-9-13/h5-9,12H,10-11H2,1-4H3. The van der Waals surface area contributed by atoms with Gasteiger partial charge in [-0.15, -0.1) is 0 Å². The highest BCUT2D eigenvalue weighted by Gasteiger charge is 2.19. The van der Waals surface area contributed by atoms with Crippen molar-refractivity contribution in [1.29, 1.82) is 0 Å². The summed E-state index contributed by atoms with van der Waals surface area (Å²) in [6.07, 6.45) is 1.11. The molecule has 0 amide bonds. The molecule has 1 aromatic rings. The lowest BCUT2D eigenvalue weighted by Crippen LogP contribution is -2.19. The molecule has 1 unspecified atom stereocenters. The summed E-state index contributed by atoms with van der Waals surface area (Å²) in [7, 11) is 0. The van der Waals surface area contributed by atoms with Gasteiger partial charge in [-0.25, -0.2) is 0 Å². The second-order valence-electron chi connectivity index (χ2n) is 5.22. The van der Waals surface area contributed by atoms with Gasteiger partial charge in [0.2, 0.25) is 0 Å². The molecule has 0 N–H and O–H groups in total. The maximum atomic E-state index is 5.67. The Morgan fingerprint density at radius 1 is 1.13 bits per heavy atom. The molecule has 0 aliphatic carbocycles. The van der Waals surface area contributed by atoms with Gasteiger partial charge < -0.3 is 4.74 Å². The Bertz CT molecular complexity index is 271. The van der Waals surface area contributed by atoms with Gasteiger partial charge in [0.25, 0.3) is 0 Å². The van der Waals surface area contributed by atoms with Crippen molar-refractivity contribution in [3.63, 3.8) is 0 Å². The Labute approximate surface area is 93.5 Å². The van der Waals surface area contributed by atoms with Crippen LogP contribution in [0.4, 0.5) is 0 Å². The van der Waals surface area contributed by atoms with Crippen LogP contribution in [-0.2, 0) is 0 Å². The molecule has 0 radical (unpaired) electrons. The van der Waals surface area contributed by atoms with Crippen LogP contribution < -0.4 is 4.74 Å². The average Bonchev–Trinajstić information content (AvgIpc) is 2.18. The van der Waals surface area contributed by atoms with E-state index >= 15 is 0 Å². The highest BCUT2D eigenvalue weighted by atomic mass is 16.5. The Balaban J connectivity index is 2.28. The first-order valence-corrected chi connectivity index (χ1v) is 5.68. The maximum Gasteiger partial charge on any atom is 0.119 e. The van der Waals surface area contributed by atoms with Crippen molar-refractivity contribution in [3.8, 4) is 5.75 Å². The van der Waals surface area contributed by atoms with E-state index in [0.29, 0.717) is 11.3 Å². The van der Waals surface area contributed by atoms with Crippen molar-refractivity contribution in [2.45, 2.75) is 34.1 Å². The fraction of sp³-hybridized carbons (Fsp3) is 0.571. The summed E-state index contributed by atoms with van der Waals surface area (Å²) in [5.41, 5.74) is 0.375. The van der Waals surface area contributed by atoms with Gasteiger partial charge >= 0.3 is 0 Å². The van der Waals surface area contributed by atoms with Gasteiger partial charge in [0.15, 0.2) is 0 Å². The smallest absolute Gasteiger partial charge is 0.119 e. The molecule has 0 bridgehead atoms. The summed E-state index contributed by atoms with van der Waals surface area (Å²) in [4.78, 5) is 0. The topological polar surface area (TPSA) is 9.23 Å². The van der Waals surface area contributed by atoms with Crippen molar-refractivity contribution < 1.29 is 4.74 Å². The van der Waals surface area contributed by atoms with Crippen LogP contribution in [0.1, 0.15) is 34.1 Å². The number of rotatable bonds is 4. The van der Waals surface area contributed by atoms with Crippen LogP contribution in [0.5, 0.6) is 5.75 Å². The van der Waals surface area contributed by atoms with E-state index in [2.05, 4.69) is 27.7 Å². The van der Waals surface area contributed by atoms with Gasteiger partial charge in [-0.3, -0.25) is 0 Å². The zero-order valence-electron chi connectivity index (χ0n) is 10.3. The number of para-hydroxylation sites is 1. The van der Waals surface area contributed by atoms with E-state index < -0.39 is 0 Å². The third-order valence-corrected chi connectivity index (χ3v) is 3.04. The molecule has 0 fully saturated rings. The van der Waals surface area contributed by atoms with E-state index in [9.17, 15) is 0 Å². The normalized spacial score (nSPS) is 13.6. The molecule has 0 saturated heterocycles. The predicted octanol–water partition coefficient (Wildman–Crippen LogP) is 4.14. The molecule has 0 saturated carbocycles. The largest absolute Gasteiger partial charge is 0.494 e. The summed E-state index contributed by atoms with van der Waals surface area (Å²) in [6.45, 7) is 9.93. The van der Waals surface area contributed by atoms with E-state index in [-0.39, 0.29) is 0 Å². The second kappa shape index (κ2) is 5.20. The Hall–Kier alpha value is -0.980. The minimum absolute atomic E-state index is 0.375. The van der Waals surface area contributed by atoms with Crippen LogP contribution in [0.2, 0.25) is 0 Å². The minimum atomic E-state index is 0.375. The molecular formula is C14H22O. The van der Waals surface area contributed by atoms with Crippen LogP contribution in [0.15, 0.2) is 30.3 Å². The van der Waals surface area contributed by atoms with Gasteiger partial charge in [0.05, 0.1) is 6.61 Å². The Kier molecular flexibility index (Phi) is 4.19. The number of ether oxygens (including phenoxy) is 1. The van der Waals surface area contributed by atoms with Gasteiger partial charge in [-0.2, -0.15) is 0 Å². The highest BCUT2D eigenvalue weighted by molar-refractivity contribution is 5.20. The molecule has 84 valence electrons. The highest BCUT2D eigenvalue weighted by Crippen LogP contribution is 2.27. The molecule has 0 aliphatic rings. The first kappa shape index (κ1) is 12.1. The zero-order valence-corrected chi connectivity index (χ0v) is 10.3. The molecule has 1 heteroatoms.